The van der Waals surface area contributed by atoms with Crippen LogP contribution in [0.5, 0.6) is 0 Å². The summed E-state index contributed by atoms with van der Waals surface area (Å²) >= 11 is 5.87. The fourth-order valence-corrected chi connectivity index (χ4v) is 2.94. The van der Waals surface area contributed by atoms with Gasteiger partial charge in [0, 0.05) is 43.1 Å². The summed E-state index contributed by atoms with van der Waals surface area (Å²) in [4.78, 5) is 13.7. The number of aromatic nitrogens is 2. The maximum Gasteiger partial charge on any atom is 0.145 e. The van der Waals surface area contributed by atoms with Crippen LogP contribution in [0.3, 0.4) is 0 Å². The lowest BCUT2D eigenvalue weighted by atomic mass is 10.2. The highest BCUT2D eigenvalue weighted by molar-refractivity contribution is 6.29. The van der Waals surface area contributed by atoms with Crippen LogP contribution in [0.2, 0.25) is 0 Å². The summed E-state index contributed by atoms with van der Waals surface area (Å²) in [6.07, 6.45) is 0. The Hall–Kier alpha value is -1.69. The van der Waals surface area contributed by atoms with E-state index >= 15 is 0 Å². The molecule has 1 aliphatic rings. The van der Waals surface area contributed by atoms with Crippen LogP contribution in [-0.2, 0) is 6.54 Å². The molecule has 5 nitrogen and oxygen atoms in total. The van der Waals surface area contributed by atoms with Crippen molar-refractivity contribution in [3.8, 4) is 0 Å². The van der Waals surface area contributed by atoms with E-state index in [0.717, 1.165) is 56.0 Å². The lowest BCUT2D eigenvalue weighted by Crippen LogP contribution is -2.46. The van der Waals surface area contributed by atoms with Crippen molar-refractivity contribution in [3.63, 3.8) is 0 Å². The lowest BCUT2D eigenvalue weighted by molar-refractivity contribution is 0.134. The zero-order valence-electron chi connectivity index (χ0n) is 12.5. The Morgan fingerprint density at radius 3 is 2.55 bits per heavy atom. The summed E-state index contributed by atoms with van der Waals surface area (Å²) in [5.41, 5.74) is 6.94. The van der Waals surface area contributed by atoms with Gasteiger partial charge >= 0.3 is 0 Å². The summed E-state index contributed by atoms with van der Waals surface area (Å²) in [7, 11) is 0. The number of para-hydroxylation sites is 1. The minimum Gasteiger partial charge on any atom is -0.383 e. The largest absolute Gasteiger partial charge is 0.383 e. The van der Waals surface area contributed by atoms with Gasteiger partial charge in [0.05, 0.1) is 12.1 Å². The van der Waals surface area contributed by atoms with Crippen LogP contribution in [0.15, 0.2) is 35.9 Å². The number of rotatable bonds is 4. The second-order valence-electron chi connectivity index (χ2n) is 5.61. The minimum absolute atomic E-state index is 0.553. The molecule has 1 saturated heterocycles. The Bertz CT molecular complexity index is 679. The van der Waals surface area contributed by atoms with Gasteiger partial charge < -0.3 is 5.73 Å². The molecular formula is C16H20ClN5. The van der Waals surface area contributed by atoms with Crippen molar-refractivity contribution in [2.75, 3.05) is 38.5 Å². The number of anilines is 1. The van der Waals surface area contributed by atoms with Crippen molar-refractivity contribution in [3.05, 3.63) is 41.7 Å². The topological polar surface area (TPSA) is 58.3 Å². The first-order valence-corrected chi connectivity index (χ1v) is 7.79. The molecule has 3 rings (SSSR count). The molecule has 0 bridgehead atoms. The number of hydrogen-bond acceptors (Lipinski definition) is 5. The number of hydrogen-bond donors (Lipinski definition) is 1. The number of nitrogens with zero attached hydrogens (tertiary/aromatic N) is 4. The molecule has 0 spiro atoms. The van der Waals surface area contributed by atoms with Crippen LogP contribution in [0.1, 0.15) is 5.82 Å². The van der Waals surface area contributed by atoms with E-state index in [0.29, 0.717) is 10.9 Å². The Morgan fingerprint density at radius 1 is 1.14 bits per heavy atom. The number of halogens is 1. The van der Waals surface area contributed by atoms with Crippen molar-refractivity contribution in [1.29, 1.82) is 0 Å². The monoisotopic (exact) mass is 317 g/mol. The van der Waals surface area contributed by atoms with Crippen molar-refractivity contribution in [2.45, 2.75) is 6.54 Å². The summed E-state index contributed by atoms with van der Waals surface area (Å²) in [6, 6.07) is 7.84. The van der Waals surface area contributed by atoms with Crippen LogP contribution >= 0.6 is 11.6 Å². The van der Waals surface area contributed by atoms with Gasteiger partial charge in [-0.15, -0.1) is 0 Å². The fraction of sp³-hybridized carbons (Fsp3) is 0.375. The summed E-state index contributed by atoms with van der Waals surface area (Å²) in [6.45, 7) is 9.14. The van der Waals surface area contributed by atoms with E-state index in [4.69, 9.17) is 17.3 Å². The molecule has 0 unspecified atom stereocenters. The van der Waals surface area contributed by atoms with Gasteiger partial charge in [0.1, 0.15) is 11.6 Å². The van der Waals surface area contributed by atoms with Gasteiger partial charge in [0.25, 0.3) is 0 Å². The average Bonchev–Trinajstić information content (AvgIpc) is 2.49. The number of nitrogens with two attached hydrogens (primary N) is 1. The average molecular weight is 318 g/mol. The maximum absolute atomic E-state index is 6.04. The van der Waals surface area contributed by atoms with Gasteiger partial charge in [0.2, 0.25) is 0 Å². The molecule has 0 aliphatic carbocycles. The number of fused-ring (bicyclic) bond motifs is 1. The molecule has 0 amide bonds. The maximum atomic E-state index is 6.04. The predicted molar refractivity (Wildman–Crippen MR) is 90.7 cm³/mol. The highest BCUT2D eigenvalue weighted by Crippen LogP contribution is 2.18. The minimum atomic E-state index is 0.553. The molecule has 22 heavy (non-hydrogen) atoms. The molecular weight excluding hydrogens is 298 g/mol. The van der Waals surface area contributed by atoms with Crippen molar-refractivity contribution >= 4 is 28.3 Å². The number of benzene rings is 1. The van der Waals surface area contributed by atoms with E-state index in [1.54, 1.807) is 0 Å². The molecule has 0 atom stereocenters. The Labute approximate surface area is 135 Å². The molecule has 2 N–H and O–H groups in total. The molecule has 2 heterocycles. The fourth-order valence-electron chi connectivity index (χ4n) is 2.77. The first kappa shape index (κ1) is 15.2. The molecule has 2 aromatic rings. The van der Waals surface area contributed by atoms with E-state index in [-0.39, 0.29) is 0 Å². The van der Waals surface area contributed by atoms with Crippen LogP contribution < -0.4 is 5.73 Å². The molecule has 1 aromatic carbocycles. The third kappa shape index (κ3) is 3.55. The van der Waals surface area contributed by atoms with Crippen LogP contribution in [0.25, 0.3) is 10.9 Å². The third-order valence-electron chi connectivity index (χ3n) is 3.90. The molecule has 0 saturated carbocycles. The van der Waals surface area contributed by atoms with Crippen LogP contribution in [0, 0.1) is 0 Å². The van der Waals surface area contributed by atoms with Gasteiger partial charge in [-0.05, 0) is 12.1 Å². The Balaban J connectivity index is 1.66. The first-order chi connectivity index (χ1) is 10.6. The quantitative estimate of drug-likeness (QED) is 0.935. The first-order valence-electron chi connectivity index (χ1n) is 7.41. The van der Waals surface area contributed by atoms with E-state index in [9.17, 15) is 0 Å². The molecule has 116 valence electrons. The van der Waals surface area contributed by atoms with Crippen LogP contribution in [-0.4, -0.2) is 52.5 Å². The molecule has 1 aromatic heterocycles. The second kappa shape index (κ2) is 6.60. The van der Waals surface area contributed by atoms with E-state index in [1.165, 1.54) is 0 Å². The summed E-state index contributed by atoms with van der Waals surface area (Å²) in [5, 5.41) is 1.61. The SMILES string of the molecule is C=C(Cl)CN1CCN(Cc2nc(N)c3ccccc3n2)CC1. The normalized spacial score (nSPS) is 17.0. The molecule has 1 fully saturated rings. The number of nitrogen functional groups attached to an aromatic ring is 1. The lowest BCUT2D eigenvalue weighted by Gasteiger charge is -2.34. The zero-order chi connectivity index (χ0) is 15.5. The molecule has 6 heteroatoms. The second-order valence-corrected chi connectivity index (χ2v) is 6.15. The van der Waals surface area contributed by atoms with E-state index < -0.39 is 0 Å². The van der Waals surface area contributed by atoms with Gasteiger partial charge in [-0.2, -0.15) is 0 Å². The summed E-state index contributed by atoms with van der Waals surface area (Å²) in [5.74, 6) is 1.34. The van der Waals surface area contributed by atoms with Crippen molar-refractivity contribution in [1.82, 2.24) is 19.8 Å². The zero-order valence-corrected chi connectivity index (χ0v) is 13.3. The molecule has 0 radical (unpaired) electrons. The van der Waals surface area contributed by atoms with Gasteiger partial charge in [-0.1, -0.05) is 30.3 Å². The Kier molecular flexibility index (Phi) is 4.57. The summed E-state index contributed by atoms with van der Waals surface area (Å²) < 4.78 is 0. The highest BCUT2D eigenvalue weighted by atomic mass is 35.5. The van der Waals surface area contributed by atoms with Gasteiger partial charge in [-0.3, -0.25) is 9.80 Å². The van der Waals surface area contributed by atoms with E-state index in [2.05, 4.69) is 26.3 Å². The highest BCUT2D eigenvalue weighted by Gasteiger charge is 2.18. The third-order valence-corrected chi connectivity index (χ3v) is 4.02. The smallest absolute Gasteiger partial charge is 0.145 e. The number of piperazine rings is 1. The van der Waals surface area contributed by atoms with Gasteiger partial charge in [-0.25, -0.2) is 9.97 Å². The van der Waals surface area contributed by atoms with Crippen LogP contribution in [0.4, 0.5) is 5.82 Å². The van der Waals surface area contributed by atoms with Crippen molar-refractivity contribution < 1.29 is 0 Å². The van der Waals surface area contributed by atoms with Crippen molar-refractivity contribution in [2.24, 2.45) is 0 Å². The molecule has 1 aliphatic heterocycles. The van der Waals surface area contributed by atoms with Gasteiger partial charge in [0.15, 0.2) is 0 Å². The van der Waals surface area contributed by atoms with E-state index in [1.807, 2.05) is 24.3 Å². The Morgan fingerprint density at radius 2 is 1.82 bits per heavy atom. The predicted octanol–water partition coefficient (Wildman–Crippen LogP) is 2.08. The standard InChI is InChI=1S/C16H20ClN5/c1-12(17)10-21-6-8-22(9-7-21)11-15-19-14-5-3-2-4-13(14)16(18)20-15/h2-5H,1,6-11H2,(H2,18,19,20).